The molecule has 2 atom stereocenters. The predicted molar refractivity (Wildman–Crippen MR) is 64.8 cm³/mol. The summed E-state index contributed by atoms with van der Waals surface area (Å²) in [5, 5.41) is 11.7. The molecule has 17 heavy (non-hydrogen) atoms. The highest BCUT2D eigenvalue weighted by atomic mass is 16.4. The van der Waals surface area contributed by atoms with Crippen LogP contribution in [0.2, 0.25) is 0 Å². The highest BCUT2D eigenvalue weighted by Crippen LogP contribution is 2.29. The molecule has 1 rings (SSSR count). The molecule has 0 radical (unpaired) electrons. The summed E-state index contributed by atoms with van der Waals surface area (Å²) in [5.74, 6) is -0.420. The number of rotatable bonds is 6. The number of urea groups is 1. The summed E-state index contributed by atoms with van der Waals surface area (Å²) >= 11 is 0. The van der Waals surface area contributed by atoms with Gasteiger partial charge in [-0.15, -0.1) is 0 Å². The number of hydrogen-bond acceptors (Lipinski definition) is 2. The molecule has 0 aromatic heterocycles. The fourth-order valence-corrected chi connectivity index (χ4v) is 1.70. The number of nitrogens with one attached hydrogen (secondary N) is 1. The molecule has 0 heterocycles. The summed E-state index contributed by atoms with van der Waals surface area (Å²) in [5.41, 5.74) is 0. The smallest absolute Gasteiger partial charge is 0.326 e. The van der Waals surface area contributed by atoms with Crippen LogP contribution in [0.3, 0.4) is 0 Å². The first-order valence-electron chi connectivity index (χ1n) is 6.20. The second-order valence-electron chi connectivity index (χ2n) is 4.97. The first-order valence-corrected chi connectivity index (χ1v) is 6.20. The summed E-state index contributed by atoms with van der Waals surface area (Å²) in [6, 6.07) is -1.08. The second-order valence-corrected chi connectivity index (χ2v) is 4.97. The number of amides is 2. The van der Waals surface area contributed by atoms with Gasteiger partial charge in [0.05, 0.1) is 0 Å². The van der Waals surface area contributed by atoms with E-state index in [9.17, 15) is 9.59 Å². The fourth-order valence-electron chi connectivity index (χ4n) is 1.70. The summed E-state index contributed by atoms with van der Waals surface area (Å²) < 4.78 is 0. The maximum Gasteiger partial charge on any atom is 0.326 e. The molecular formula is C12H22N2O3. The average molecular weight is 242 g/mol. The lowest BCUT2D eigenvalue weighted by atomic mass is 9.99. The van der Waals surface area contributed by atoms with Gasteiger partial charge in [0.1, 0.15) is 6.04 Å². The van der Waals surface area contributed by atoms with Gasteiger partial charge >= 0.3 is 12.0 Å². The van der Waals surface area contributed by atoms with E-state index < -0.39 is 12.0 Å². The molecule has 1 saturated carbocycles. The molecule has 0 aliphatic heterocycles. The first-order chi connectivity index (χ1) is 7.95. The molecule has 2 amide bonds. The minimum Gasteiger partial charge on any atom is -0.480 e. The third-order valence-corrected chi connectivity index (χ3v) is 3.33. The van der Waals surface area contributed by atoms with Gasteiger partial charge in [0.25, 0.3) is 0 Å². The fraction of sp³-hybridized carbons (Fsp3) is 0.833. The normalized spacial score (nSPS) is 18.3. The lowest BCUT2D eigenvalue weighted by Gasteiger charge is -2.24. The number of nitrogens with zero attached hydrogens (tertiary/aromatic N) is 1. The summed E-state index contributed by atoms with van der Waals surface area (Å²) in [6.07, 6.45) is 3.07. The Hall–Kier alpha value is -1.26. The van der Waals surface area contributed by atoms with Crippen LogP contribution in [0, 0.1) is 11.8 Å². The zero-order chi connectivity index (χ0) is 13.0. The topological polar surface area (TPSA) is 69.6 Å². The maximum atomic E-state index is 11.8. The Labute approximate surface area is 102 Å². The van der Waals surface area contributed by atoms with Crippen molar-refractivity contribution in [3.8, 4) is 0 Å². The van der Waals surface area contributed by atoms with Crippen molar-refractivity contribution in [2.75, 3.05) is 13.6 Å². The Bertz CT molecular complexity index is 289. The van der Waals surface area contributed by atoms with E-state index in [0.717, 1.165) is 13.0 Å². The van der Waals surface area contributed by atoms with Gasteiger partial charge in [-0.25, -0.2) is 9.59 Å². The van der Waals surface area contributed by atoms with E-state index in [0.29, 0.717) is 5.92 Å². The molecular weight excluding hydrogens is 220 g/mol. The van der Waals surface area contributed by atoms with Crippen molar-refractivity contribution in [3.05, 3.63) is 0 Å². The van der Waals surface area contributed by atoms with Gasteiger partial charge < -0.3 is 15.3 Å². The van der Waals surface area contributed by atoms with Crippen LogP contribution in [-0.4, -0.2) is 41.6 Å². The Morgan fingerprint density at radius 1 is 1.47 bits per heavy atom. The summed E-state index contributed by atoms with van der Waals surface area (Å²) in [6.45, 7) is 4.47. The lowest BCUT2D eigenvalue weighted by Crippen LogP contribution is -2.49. The molecule has 1 fully saturated rings. The van der Waals surface area contributed by atoms with Crippen LogP contribution in [0.4, 0.5) is 4.79 Å². The highest BCUT2D eigenvalue weighted by Gasteiger charge is 2.29. The Morgan fingerprint density at radius 2 is 2.06 bits per heavy atom. The number of carboxylic acid groups (broad SMARTS) is 1. The number of carbonyl (C=O) groups excluding carboxylic acids is 1. The second kappa shape index (κ2) is 5.89. The van der Waals surface area contributed by atoms with Crippen LogP contribution >= 0.6 is 0 Å². The van der Waals surface area contributed by atoms with E-state index in [1.54, 1.807) is 11.9 Å². The van der Waals surface area contributed by atoms with Crippen LogP contribution in [-0.2, 0) is 4.79 Å². The van der Waals surface area contributed by atoms with E-state index in [2.05, 4.69) is 5.32 Å². The van der Waals surface area contributed by atoms with E-state index in [1.807, 2.05) is 13.8 Å². The lowest BCUT2D eigenvalue weighted by molar-refractivity contribution is -0.140. The van der Waals surface area contributed by atoms with E-state index in [1.165, 1.54) is 12.8 Å². The van der Waals surface area contributed by atoms with E-state index >= 15 is 0 Å². The molecule has 0 spiro atoms. The van der Waals surface area contributed by atoms with Crippen LogP contribution in [0.1, 0.15) is 33.1 Å². The SMILES string of the molecule is CCC(C)C(NC(=O)N(C)CC1CC1)C(=O)O. The van der Waals surface area contributed by atoms with Crippen LogP contribution in [0.15, 0.2) is 0 Å². The molecule has 5 nitrogen and oxygen atoms in total. The Balaban J connectivity index is 2.47. The van der Waals surface area contributed by atoms with Crippen LogP contribution in [0.5, 0.6) is 0 Å². The number of carboxylic acids is 1. The van der Waals surface area contributed by atoms with Crippen molar-refractivity contribution in [1.29, 1.82) is 0 Å². The van der Waals surface area contributed by atoms with Crippen molar-refractivity contribution in [1.82, 2.24) is 10.2 Å². The van der Waals surface area contributed by atoms with Gasteiger partial charge in [-0.05, 0) is 24.7 Å². The molecule has 2 N–H and O–H groups in total. The van der Waals surface area contributed by atoms with Crippen LogP contribution < -0.4 is 5.32 Å². The van der Waals surface area contributed by atoms with Crippen molar-refractivity contribution < 1.29 is 14.7 Å². The van der Waals surface area contributed by atoms with E-state index in [-0.39, 0.29) is 11.9 Å². The molecule has 2 unspecified atom stereocenters. The summed E-state index contributed by atoms with van der Waals surface area (Å²) in [7, 11) is 1.71. The number of hydrogen-bond donors (Lipinski definition) is 2. The maximum absolute atomic E-state index is 11.8. The first kappa shape index (κ1) is 13.8. The third kappa shape index (κ3) is 4.24. The van der Waals surface area contributed by atoms with E-state index in [4.69, 9.17) is 5.11 Å². The van der Waals surface area contributed by atoms with Crippen molar-refractivity contribution in [3.63, 3.8) is 0 Å². The molecule has 0 aromatic rings. The molecule has 0 bridgehead atoms. The van der Waals surface area contributed by atoms with Gasteiger partial charge in [-0.3, -0.25) is 0 Å². The van der Waals surface area contributed by atoms with Gasteiger partial charge in [-0.2, -0.15) is 0 Å². The van der Waals surface area contributed by atoms with Gasteiger partial charge in [0.15, 0.2) is 0 Å². The van der Waals surface area contributed by atoms with Crippen molar-refractivity contribution in [2.24, 2.45) is 11.8 Å². The molecule has 0 aromatic carbocycles. The molecule has 98 valence electrons. The Morgan fingerprint density at radius 3 is 2.47 bits per heavy atom. The van der Waals surface area contributed by atoms with Gasteiger partial charge in [0, 0.05) is 13.6 Å². The minimum absolute atomic E-state index is 0.0641. The quantitative estimate of drug-likeness (QED) is 0.742. The number of aliphatic carboxylic acids is 1. The van der Waals surface area contributed by atoms with Gasteiger partial charge in [-0.1, -0.05) is 20.3 Å². The predicted octanol–water partition coefficient (Wildman–Crippen LogP) is 1.54. The zero-order valence-electron chi connectivity index (χ0n) is 10.8. The van der Waals surface area contributed by atoms with Crippen LogP contribution in [0.25, 0.3) is 0 Å². The van der Waals surface area contributed by atoms with Crippen molar-refractivity contribution >= 4 is 12.0 Å². The highest BCUT2D eigenvalue weighted by molar-refractivity contribution is 5.82. The zero-order valence-corrected chi connectivity index (χ0v) is 10.8. The van der Waals surface area contributed by atoms with Gasteiger partial charge in [0.2, 0.25) is 0 Å². The average Bonchev–Trinajstić information content (AvgIpc) is 3.07. The molecule has 1 aliphatic rings. The summed E-state index contributed by atoms with van der Waals surface area (Å²) in [4.78, 5) is 24.4. The molecule has 5 heteroatoms. The largest absolute Gasteiger partial charge is 0.480 e. The number of carbonyl (C=O) groups is 2. The monoisotopic (exact) mass is 242 g/mol. The molecule has 1 aliphatic carbocycles. The molecule has 0 saturated heterocycles. The third-order valence-electron chi connectivity index (χ3n) is 3.33. The standard InChI is InChI=1S/C12H22N2O3/c1-4-8(2)10(11(15)16)13-12(17)14(3)7-9-5-6-9/h8-10H,4-7H2,1-3H3,(H,13,17)(H,15,16). The minimum atomic E-state index is -0.965. The van der Waals surface area contributed by atoms with Crippen molar-refractivity contribution in [2.45, 2.75) is 39.2 Å². The Kier molecular flexibility index (Phi) is 4.78.